The molecule has 1 aliphatic rings. The highest BCUT2D eigenvalue weighted by Crippen LogP contribution is 2.23. The van der Waals surface area contributed by atoms with Crippen molar-refractivity contribution in [2.24, 2.45) is 17.6 Å². The van der Waals surface area contributed by atoms with Crippen LogP contribution in [0, 0.1) is 11.8 Å². The molecule has 0 saturated carbocycles. The number of rotatable bonds is 21. The number of nitrogens with two attached hydrogens (primary N) is 1. The maximum absolute atomic E-state index is 14.2. The van der Waals surface area contributed by atoms with Gasteiger partial charge in [0.15, 0.2) is 0 Å². The topological polar surface area (TPSA) is 220 Å². The van der Waals surface area contributed by atoms with Gasteiger partial charge in [0, 0.05) is 18.5 Å². The van der Waals surface area contributed by atoms with Crippen molar-refractivity contribution < 1.29 is 39.0 Å². The van der Waals surface area contributed by atoms with E-state index >= 15 is 0 Å². The standard InChI is InChI=1S/C45H60N6O8/c1-5-29(4)39(43(56)49-37(45(58)59)26-28(2)3)50-41(54)36(27-30-16-22-34(52)23-17-30)48-42(55)38-15-11-25-51(38)44(57)35(14-9-10-24-46)47-40(53)33-20-18-32(19-21-33)31-12-7-6-8-13-31/h6-8,12-13,16-23,28-29,35-39,52H,5,9-11,14-15,24-27,46H2,1-4H3,(H,47,53)(H,48,55)(H,49,56)(H,50,54)(H,58,59)/t29-,35+,36+,37+,38+,39+/m1/s1. The van der Waals surface area contributed by atoms with Crippen molar-refractivity contribution in [1.82, 2.24) is 26.2 Å². The van der Waals surface area contributed by atoms with Gasteiger partial charge in [-0.1, -0.05) is 88.7 Å². The van der Waals surface area contributed by atoms with Gasteiger partial charge >= 0.3 is 5.97 Å². The molecule has 0 spiro atoms. The summed E-state index contributed by atoms with van der Waals surface area (Å²) >= 11 is 0. The number of carbonyl (C=O) groups is 6. The van der Waals surface area contributed by atoms with Gasteiger partial charge in [0.2, 0.25) is 23.6 Å². The Morgan fingerprint density at radius 1 is 0.780 bits per heavy atom. The lowest BCUT2D eigenvalue weighted by Gasteiger charge is -2.31. The van der Waals surface area contributed by atoms with Crippen LogP contribution in [0.2, 0.25) is 0 Å². The van der Waals surface area contributed by atoms with E-state index in [1.807, 2.05) is 63.2 Å². The van der Waals surface area contributed by atoms with Crippen LogP contribution in [0.15, 0.2) is 78.9 Å². The van der Waals surface area contributed by atoms with Crippen LogP contribution < -0.4 is 27.0 Å². The Morgan fingerprint density at radius 2 is 1.44 bits per heavy atom. The predicted molar refractivity (Wildman–Crippen MR) is 225 cm³/mol. The maximum atomic E-state index is 14.2. The quantitative estimate of drug-likeness (QED) is 0.0768. The van der Waals surface area contributed by atoms with Crippen molar-refractivity contribution in [2.45, 2.75) is 109 Å². The minimum atomic E-state index is -1.21. The Balaban J connectivity index is 1.54. The lowest BCUT2D eigenvalue weighted by Crippen LogP contribution is -2.60. The number of aliphatic carboxylic acids is 1. The van der Waals surface area contributed by atoms with E-state index in [4.69, 9.17) is 5.73 Å². The number of carboxylic acids is 1. The van der Waals surface area contributed by atoms with Crippen molar-refractivity contribution in [1.29, 1.82) is 0 Å². The lowest BCUT2D eigenvalue weighted by atomic mass is 9.96. The third kappa shape index (κ3) is 13.4. The summed E-state index contributed by atoms with van der Waals surface area (Å²) < 4.78 is 0. The number of nitrogens with one attached hydrogen (secondary N) is 4. The molecular weight excluding hydrogens is 753 g/mol. The smallest absolute Gasteiger partial charge is 0.326 e. The van der Waals surface area contributed by atoms with Gasteiger partial charge < -0.3 is 42.1 Å². The summed E-state index contributed by atoms with van der Waals surface area (Å²) in [5, 5.41) is 30.7. The van der Waals surface area contributed by atoms with Crippen LogP contribution in [0.3, 0.4) is 0 Å². The number of phenolic OH excluding ortho intramolecular Hbond substituents is 1. The van der Waals surface area contributed by atoms with Crippen LogP contribution in [0.4, 0.5) is 0 Å². The molecule has 0 aromatic heterocycles. The fraction of sp³-hybridized carbons (Fsp3) is 0.467. The molecule has 59 heavy (non-hydrogen) atoms. The molecule has 14 nitrogen and oxygen atoms in total. The molecule has 3 aromatic carbocycles. The van der Waals surface area contributed by atoms with Gasteiger partial charge in [0.25, 0.3) is 5.91 Å². The first-order valence-electron chi connectivity index (χ1n) is 20.6. The van der Waals surface area contributed by atoms with Crippen LogP contribution in [-0.2, 0) is 30.4 Å². The molecule has 8 N–H and O–H groups in total. The molecule has 1 heterocycles. The minimum Gasteiger partial charge on any atom is -0.508 e. The van der Waals surface area contributed by atoms with Crippen LogP contribution in [0.25, 0.3) is 11.1 Å². The second-order valence-corrected chi connectivity index (χ2v) is 15.8. The summed E-state index contributed by atoms with van der Waals surface area (Å²) in [6.07, 6.45) is 3.00. The van der Waals surface area contributed by atoms with Crippen molar-refractivity contribution in [3.05, 3.63) is 90.0 Å². The zero-order valence-electron chi connectivity index (χ0n) is 34.5. The van der Waals surface area contributed by atoms with E-state index in [1.54, 1.807) is 31.2 Å². The number of hydrogen-bond donors (Lipinski definition) is 7. The maximum Gasteiger partial charge on any atom is 0.326 e. The molecule has 0 unspecified atom stereocenters. The number of hydrogen-bond acceptors (Lipinski definition) is 8. The highest BCUT2D eigenvalue weighted by molar-refractivity contribution is 5.99. The average Bonchev–Trinajstić information content (AvgIpc) is 3.73. The van der Waals surface area contributed by atoms with Crippen LogP contribution in [0.1, 0.15) is 88.6 Å². The van der Waals surface area contributed by atoms with E-state index in [9.17, 15) is 39.0 Å². The van der Waals surface area contributed by atoms with Gasteiger partial charge in [-0.05, 0) is 97.9 Å². The Morgan fingerprint density at radius 3 is 2.05 bits per heavy atom. The molecule has 5 amide bonds. The molecule has 14 heteroatoms. The summed E-state index contributed by atoms with van der Waals surface area (Å²) in [5.74, 6) is -4.35. The molecule has 1 fully saturated rings. The van der Waals surface area contributed by atoms with Crippen LogP contribution >= 0.6 is 0 Å². The second-order valence-electron chi connectivity index (χ2n) is 15.8. The average molecular weight is 813 g/mol. The summed E-state index contributed by atoms with van der Waals surface area (Å²) in [5.41, 5.74) is 8.68. The molecule has 3 aromatic rings. The van der Waals surface area contributed by atoms with Crippen molar-refractivity contribution >= 4 is 35.5 Å². The van der Waals surface area contributed by atoms with Gasteiger partial charge in [-0.2, -0.15) is 0 Å². The Hall–Kier alpha value is -5.76. The molecule has 0 aliphatic carbocycles. The highest BCUT2D eigenvalue weighted by atomic mass is 16.4. The third-order valence-corrected chi connectivity index (χ3v) is 10.8. The van der Waals surface area contributed by atoms with E-state index in [0.717, 1.165) is 11.1 Å². The van der Waals surface area contributed by atoms with Crippen molar-refractivity contribution in [3.8, 4) is 16.9 Å². The number of carbonyl (C=O) groups excluding carboxylic acids is 5. The summed E-state index contributed by atoms with van der Waals surface area (Å²) in [6, 6.07) is 17.6. The lowest BCUT2D eigenvalue weighted by molar-refractivity contribution is -0.143. The SMILES string of the molecule is CC[C@@H](C)[C@H](NC(=O)[C@H](Cc1ccc(O)cc1)NC(=O)[C@@H]1CCCN1C(=O)[C@H](CCCCN)NC(=O)c1ccc(-c2ccccc2)cc1)C(=O)N[C@@H](CC(C)C)C(=O)O. The predicted octanol–water partition coefficient (Wildman–Crippen LogP) is 4.15. The first-order chi connectivity index (χ1) is 28.2. The summed E-state index contributed by atoms with van der Waals surface area (Å²) in [7, 11) is 0. The van der Waals surface area contributed by atoms with Gasteiger partial charge in [0.05, 0.1) is 0 Å². The van der Waals surface area contributed by atoms with Crippen LogP contribution in [0.5, 0.6) is 5.75 Å². The highest BCUT2D eigenvalue weighted by Gasteiger charge is 2.40. The molecule has 4 rings (SSSR count). The third-order valence-electron chi connectivity index (χ3n) is 10.8. The van der Waals surface area contributed by atoms with E-state index < -0.39 is 71.6 Å². The number of nitrogens with zero attached hydrogens (tertiary/aromatic N) is 1. The molecule has 1 aliphatic heterocycles. The molecule has 0 bridgehead atoms. The van der Waals surface area contributed by atoms with Gasteiger partial charge in [0.1, 0.15) is 36.0 Å². The number of amides is 5. The van der Waals surface area contributed by atoms with Gasteiger partial charge in [-0.25, -0.2) is 4.79 Å². The second kappa shape index (κ2) is 22.4. The van der Waals surface area contributed by atoms with Crippen LogP contribution in [-0.4, -0.2) is 93.9 Å². The first kappa shape index (κ1) is 45.9. The number of carboxylic acid groups (broad SMARTS) is 1. The zero-order valence-corrected chi connectivity index (χ0v) is 34.5. The number of unbranched alkanes of at least 4 members (excludes halogenated alkanes) is 1. The molecule has 318 valence electrons. The summed E-state index contributed by atoms with van der Waals surface area (Å²) in [4.78, 5) is 83.0. The Bertz CT molecular complexity index is 1870. The number of likely N-dealkylation sites (tertiary alicyclic amines) is 1. The molecular formula is C45H60N6O8. The van der Waals surface area contributed by atoms with E-state index in [0.29, 0.717) is 56.2 Å². The fourth-order valence-corrected chi connectivity index (χ4v) is 7.19. The van der Waals surface area contributed by atoms with Crippen molar-refractivity contribution in [2.75, 3.05) is 13.1 Å². The summed E-state index contributed by atoms with van der Waals surface area (Å²) in [6.45, 7) is 7.96. The minimum absolute atomic E-state index is 0.0130. The monoisotopic (exact) mass is 812 g/mol. The zero-order chi connectivity index (χ0) is 43.1. The largest absolute Gasteiger partial charge is 0.508 e. The Kier molecular flexibility index (Phi) is 17.4. The van der Waals surface area contributed by atoms with E-state index in [2.05, 4.69) is 21.3 Å². The van der Waals surface area contributed by atoms with Crippen molar-refractivity contribution in [3.63, 3.8) is 0 Å². The van der Waals surface area contributed by atoms with E-state index in [1.165, 1.54) is 17.0 Å². The number of benzene rings is 3. The number of phenols is 1. The van der Waals surface area contributed by atoms with Gasteiger partial charge in [-0.3, -0.25) is 24.0 Å². The molecule has 6 atom stereocenters. The fourth-order valence-electron chi connectivity index (χ4n) is 7.19. The van der Waals surface area contributed by atoms with Gasteiger partial charge in [-0.15, -0.1) is 0 Å². The normalized spacial score (nSPS) is 16.3. The first-order valence-corrected chi connectivity index (χ1v) is 20.6. The Labute approximate surface area is 346 Å². The van der Waals surface area contributed by atoms with E-state index in [-0.39, 0.29) is 31.1 Å². The molecule has 1 saturated heterocycles. The molecule has 0 radical (unpaired) electrons. The number of aromatic hydroxyl groups is 1.